The second-order valence-corrected chi connectivity index (χ2v) is 6.57. The van der Waals surface area contributed by atoms with Gasteiger partial charge in [0.15, 0.2) is 5.58 Å². The van der Waals surface area contributed by atoms with E-state index in [1.165, 1.54) is 12.1 Å². The fourth-order valence-electron chi connectivity index (χ4n) is 3.50. The average molecular weight is 351 g/mol. The number of H-pyrrole nitrogens is 1. The molecule has 0 radical (unpaired) electrons. The van der Waals surface area contributed by atoms with Gasteiger partial charge in [0.2, 0.25) is 5.89 Å². The molecule has 1 saturated heterocycles. The topological polar surface area (TPSA) is 54.3 Å². The number of morpholine rings is 1. The number of oxazole rings is 1. The normalized spacial score (nSPS) is 15.9. The molecule has 5 rings (SSSR count). The Hall–Kier alpha value is -2.70. The number of ether oxygens (including phenoxy) is 1. The van der Waals surface area contributed by atoms with E-state index in [1.807, 2.05) is 24.4 Å². The number of aromatic amines is 1. The van der Waals surface area contributed by atoms with Gasteiger partial charge < -0.3 is 14.1 Å². The highest BCUT2D eigenvalue weighted by molar-refractivity contribution is 5.97. The van der Waals surface area contributed by atoms with Crippen LogP contribution in [0.2, 0.25) is 0 Å². The van der Waals surface area contributed by atoms with Crippen molar-refractivity contribution in [3.8, 4) is 11.1 Å². The van der Waals surface area contributed by atoms with E-state index < -0.39 is 0 Å². The van der Waals surface area contributed by atoms with E-state index in [9.17, 15) is 4.39 Å². The van der Waals surface area contributed by atoms with Crippen LogP contribution in [-0.4, -0.2) is 41.2 Å². The molecule has 0 bridgehead atoms. The molecule has 4 aromatic rings. The molecule has 0 unspecified atom stereocenters. The summed E-state index contributed by atoms with van der Waals surface area (Å²) in [6.07, 6.45) is 1.90. The predicted molar refractivity (Wildman–Crippen MR) is 97.4 cm³/mol. The molecule has 1 N–H and O–H groups in total. The monoisotopic (exact) mass is 351 g/mol. The quantitative estimate of drug-likeness (QED) is 0.607. The number of benzene rings is 2. The third kappa shape index (κ3) is 2.77. The van der Waals surface area contributed by atoms with Crippen LogP contribution < -0.4 is 0 Å². The molecular formula is C20H18FN3O2. The second kappa shape index (κ2) is 6.23. The SMILES string of the molecule is Fc1ccc2c(-c3ccc4oc(CN5CCOCC5)nc4c3)c[nH]c2c1. The van der Waals surface area contributed by atoms with Crippen LogP contribution in [0.15, 0.2) is 47.0 Å². The Morgan fingerprint density at radius 1 is 1.12 bits per heavy atom. The van der Waals surface area contributed by atoms with Gasteiger partial charge in [-0.05, 0) is 35.9 Å². The van der Waals surface area contributed by atoms with E-state index in [4.69, 9.17) is 9.15 Å². The van der Waals surface area contributed by atoms with Crippen LogP contribution in [0.1, 0.15) is 5.89 Å². The highest BCUT2D eigenvalue weighted by Crippen LogP contribution is 2.31. The number of fused-ring (bicyclic) bond motifs is 2. The lowest BCUT2D eigenvalue weighted by Crippen LogP contribution is -2.35. The molecule has 5 nitrogen and oxygen atoms in total. The van der Waals surface area contributed by atoms with Crippen LogP contribution in [0.4, 0.5) is 4.39 Å². The zero-order valence-electron chi connectivity index (χ0n) is 14.2. The lowest BCUT2D eigenvalue weighted by Gasteiger charge is -2.24. The smallest absolute Gasteiger partial charge is 0.209 e. The standard InChI is InChI=1S/C20H18FN3O2/c21-14-2-3-15-16(11-22-17(15)10-14)13-1-4-19-18(9-13)23-20(26-19)12-24-5-7-25-8-6-24/h1-4,9-11,22H,5-8,12H2. The van der Waals surface area contributed by atoms with Crippen molar-refractivity contribution in [2.24, 2.45) is 0 Å². The van der Waals surface area contributed by atoms with Crippen molar-refractivity contribution < 1.29 is 13.5 Å². The summed E-state index contributed by atoms with van der Waals surface area (Å²) in [4.78, 5) is 10.1. The molecule has 1 aliphatic rings. The van der Waals surface area contributed by atoms with Gasteiger partial charge in [-0.1, -0.05) is 6.07 Å². The largest absolute Gasteiger partial charge is 0.439 e. The minimum atomic E-state index is -0.245. The zero-order valence-corrected chi connectivity index (χ0v) is 14.2. The van der Waals surface area contributed by atoms with Crippen molar-refractivity contribution in [1.82, 2.24) is 14.9 Å². The van der Waals surface area contributed by atoms with Crippen LogP contribution in [-0.2, 0) is 11.3 Å². The molecule has 132 valence electrons. The average Bonchev–Trinajstić information content (AvgIpc) is 3.24. The summed E-state index contributed by atoms with van der Waals surface area (Å²) < 4.78 is 24.7. The zero-order chi connectivity index (χ0) is 17.5. The van der Waals surface area contributed by atoms with Crippen LogP contribution in [0, 0.1) is 5.82 Å². The Morgan fingerprint density at radius 2 is 2.00 bits per heavy atom. The van der Waals surface area contributed by atoms with Gasteiger partial charge in [0.1, 0.15) is 11.3 Å². The van der Waals surface area contributed by atoms with E-state index in [0.717, 1.165) is 65.3 Å². The first-order valence-electron chi connectivity index (χ1n) is 8.73. The summed E-state index contributed by atoms with van der Waals surface area (Å²) in [6, 6.07) is 10.8. The Morgan fingerprint density at radius 3 is 2.88 bits per heavy atom. The minimum absolute atomic E-state index is 0.245. The maximum Gasteiger partial charge on any atom is 0.209 e. The molecule has 0 saturated carbocycles. The fraction of sp³-hybridized carbons (Fsp3) is 0.250. The predicted octanol–water partition coefficient (Wildman–Crippen LogP) is 3.95. The molecular weight excluding hydrogens is 333 g/mol. The Kier molecular flexibility index (Phi) is 3.72. The summed E-state index contributed by atoms with van der Waals surface area (Å²) in [5, 5.41) is 0.989. The lowest BCUT2D eigenvalue weighted by molar-refractivity contribution is 0.0308. The summed E-state index contributed by atoms with van der Waals surface area (Å²) in [7, 11) is 0. The third-order valence-electron chi connectivity index (χ3n) is 4.85. The van der Waals surface area contributed by atoms with E-state index in [0.29, 0.717) is 6.54 Å². The molecule has 0 amide bonds. The summed E-state index contributed by atoms with van der Waals surface area (Å²) in [5.74, 6) is 0.477. The van der Waals surface area contributed by atoms with Gasteiger partial charge in [-0.15, -0.1) is 0 Å². The summed E-state index contributed by atoms with van der Waals surface area (Å²) in [5.41, 5.74) is 4.46. The van der Waals surface area contributed by atoms with Crippen molar-refractivity contribution in [3.63, 3.8) is 0 Å². The van der Waals surface area contributed by atoms with Gasteiger partial charge in [0.25, 0.3) is 0 Å². The molecule has 6 heteroatoms. The maximum absolute atomic E-state index is 13.4. The molecule has 0 spiro atoms. The van der Waals surface area contributed by atoms with Crippen molar-refractivity contribution in [2.45, 2.75) is 6.54 Å². The van der Waals surface area contributed by atoms with Gasteiger partial charge in [-0.25, -0.2) is 9.37 Å². The summed E-state index contributed by atoms with van der Waals surface area (Å²) >= 11 is 0. The van der Waals surface area contributed by atoms with Crippen LogP contribution in [0.25, 0.3) is 33.1 Å². The molecule has 0 atom stereocenters. The molecule has 1 aliphatic heterocycles. The highest BCUT2D eigenvalue weighted by atomic mass is 19.1. The number of nitrogens with one attached hydrogen (secondary N) is 1. The van der Waals surface area contributed by atoms with Gasteiger partial charge in [0.05, 0.1) is 19.8 Å². The number of nitrogens with zero attached hydrogens (tertiary/aromatic N) is 2. The molecule has 2 aromatic heterocycles. The van der Waals surface area contributed by atoms with Gasteiger partial charge in [-0.2, -0.15) is 0 Å². The van der Waals surface area contributed by atoms with E-state index in [-0.39, 0.29) is 5.82 Å². The van der Waals surface area contributed by atoms with Crippen LogP contribution in [0.5, 0.6) is 0 Å². The molecule has 2 aromatic carbocycles. The fourth-order valence-corrected chi connectivity index (χ4v) is 3.50. The van der Waals surface area contributed by atoms with Crippen LogP contribution >= 0.6 is 0 Å². The maximum atomic E-state index is 13.4. The van der Waals surface area contributed by atoms with Crippen molar-refractivity contribution in [2.75, 3.05) is 26.3 Å². The first-order chi connectivity index (χ1) is 12.8. The van der Waals surface area contributed by atoms with Crippen molar-refractivity contribution in [3.05, 3.63) is 54.3 Å². The Bertz CT molecular complexity index is 1080. The lowest BCUT2D eigenvalue weighted by atomic mass is 10.0. The number of halogens is 1. The molecule has 1 fully saturated rings. The number of rotatable bonds is 3. The Balaban J connectivity index is 1.49. The number of aromatic nitrogens is 2. The Labute approximate surface area is 149 Å². The van der Waals surface area contributed by atoms with E-state index in [2.05, 4.69) is 14.9 Å². The van der Waals surface area contributed by atoms with Crippen molar-refractivity contribution >= 4 is 22.0 Å². The first-order valence-corrected chi connectivity index (χ1v) is 8.73. The number of hydrogen-bond donors (Lipinski definition) is 1. The molecule has 26 heavy (non-hydrogen) atoms. The van der Waals surface area contributed by atoms with Gasteiger partial charge >= 0.3 is 0 Å². The number of hydrogen-bond acceptors (Lipinski definition) is 4. The van der Waals surface area contributed by atoms with E-state index in [1.54, 1.807) is 6.07 Å². The van der Waals surface area contributed by atoms with E-state index >= 15 is 0 Å². The highest BCUT2D eigenvalue weighted by Gasteiger charge is 2.15. The molecule has 0 aliphatic carbocycles. The molecule has 3 heterocycles. The van der Waals surface area contributed by atoms with Crippen LogP contribution in [0.3, 0.4) is 0 Å². The van der Waals surface area contributed by atoms with Gasteiger partial charge in [0, 0.05) is 35.8 Å². The summed E-state index contributed by atoms with van der Waals surface area (Å²) in [6.45, 7) is 4.00. The van der Waals surface area contributed by atoms with Crippen molar-refractivity contribution in [1.29, 1.82) is 0 Å². The van der Waals surface area contributed by atoms with Gasteiger partial charge in [-0.3, -0.25) is 4.90 Å². The minimum Gasteiger partial charge on any atom is -0.439 e. The third-order valence-corrected chi connectivity index (χ3v) is 4.85. The first kappa shape index (κ1) is 15.5. The second-order valence-electron chi connectivity index (χ2n) is 6.57.